The molecule has 2 aromatic heterocycles. The summed E-state index contributed by atoms with van der Waals surface area (Å²) >= 11 is 0. The molecule has 2 fully saturated rings. The molecule has 162 valence electrons. The second-order valence-corrected chi connectivity index (χ2v) is 8.20. The van der Waals surface area contributed by atoms with Crippen LogP contribution in [0.3, 0.4) is 0 Å². The standard InChI is InChI=1S/C23H28N6O2/c1-29-13-17(11-27-29)22-23(24)26-12-20(28-22)16-2-3-18(15-4-7-30-8-5-15)19(10-16)21-14-31-9-6-25-21/h2-3,10-13,15,21,25H,4-9,14H2,1H3,(H2,24,26). The molecule has 2 aliphatic heterocycles. The Labute approximate surface area is 181 Å². The predicted octanol–water partition coefficient (Wildman–Crippen LogP) is 2.68. The highest BCUT2D eigenvalue weighted by Gasteiger charge is 2.25. The van der Waals surface area contributed by atoms with Gasteiger partial charge in [-0.3, -0.25) is 4.68 Å². The molecule has 0 saturated carbocycles. The number of benzene rings is 1. The summed E-state index contributed by atoms with van der Waals surface area (Å²) in [6, 6.07) is 6.81. The molecule has 1 atom stereocenters. The second kappa shape index (κ2) is 8.74. The van der Waals surface area contributed by atoms with Gasteiger partial charge >= 0.3 is 0 Å². The molecule has 8 heteroatoms. The zero-order valence-corrected chi connectivity index (χ0v) is 17.8. The van der Waals surface area contributed by atoms with E-state index in [9.17, 15) is 0 Å². The fourth-order valence-corrected chi connectivity index (χ4v) is 4.47. The van der Waals surface area contributed by atoms with E-state index in [0.29, 0.717) is 24.0 Å². The molecule has 0 bridgehead atoms. The number of nitrogens with zero attached hydrogens (tertiary/aromatic N) is 4. The lowest BCUT2D eigenvalue weighted by Crippen LogP contribution is -2.35. The average molecular weight is 421 g/mol. The van der Waals surface area contributed by atoms with E-state index >= 15 is 0 Å². The fraction of sp³-hybridized carbons (Fsp3) is 0.435. The third-order valence-electron chi connectivity index (χ3n) is 6.12. The van der Waals surface area contributed by atoms with Crippen LogP contribution in [-0.2, 0) is 16.5 Å². The number of ether oxygens (including phenoxy) is 2. The molecular weight excluding hydrogens is 392 g/mol. The maximum Gasteiger partial charge on any atom is 0.150 e. The van der Waals surface area contributed by atoms with E-state index in [1.54, 1.807) is 17.1 Å². The molecule has 5 rings (SSSR count). The van der Waals surface area contributed by atoms with Crippen LogP contribution in [-0.4, -0.2) is 52.7 Å². The largest absolute Gasteiger partial charge is 0.382 e. The maximum atomic E-state index is 6.13. The minimum Gasteiger partial charge on any atom is -0.382 e. The number of nitrogens with one attached hydrogen (secondary N) is 1. The van der Waals surface area contributed by atoms with Crippen LogP contribution in [0.1, 0.15) is 35.9 Å². The van der Waals surface area contributed by atoms with Gasteiger partial charge in [-0.15, -0.1) is 0 Å². The number of hydrogen-bond donors (Lipinski definition) is 2. The number of nitrogen functional groups attached to an aromatic ring is 1. The molecule has 0 amide bonds. The lowest BCUT2D eigenvalue weighted by Gasteiger charge is -2.30. The van der Waals surface area contributed by atoms with Crippen LogP contribution >= 0.6 is 0 Å². The lowest BCUT2D eigenvalue weighted by molar-refractivity contribution is 0.0740. The van der Waals surface area contributed by atoms with Crippen molar-refractivity contribution in [2.75, 3.05) is 38.7 Å². The Hall–Kier alpha value is -2.81. The quantitative estimate of drug-likeness (QED) is 0.669. The van der Waals surface area contributed by atoms with Gasteiger partial charge in [0.1, 0.15) is 11.5 Å². The molecule has 0 radical (unpaired) electrons. The van der Waals surface area contributed by atoms with Gasteiger partial charge in [-0.25, -0.2) is 9.97 Å². The average Bonchev–Trinajstić information content (AvgIpc) is 3.26. The van der Waals surface area contributed by atoms with E-state index in [4.69, 9.17) is 20.2 Å². The van der Waals surface area contributed by atoms with Crippen LogP contribution in [0.5, 0.6) is 0 Å². The highest BCUT2D eigenvalue weighted by molar-refractivity contribution is 5.72. The first-order chi connectivity index (χ1) is 15.2. The SMILES string of the molecule is Cn1cc(-c2nc(-c3ccc(C4CCOCC4)c(C4COCCN4)c3)cnc2N)cn1. The predicted molar refractivity (Wildman–Crippen MR) is 118 cm³/mol. The van der Waals surface area contributed by atoms with Crippen LogP contribution in [0.2, 0.25) is 0 Å². The lowest BCUT2D eigenvalue weighted by atomic mass is 9.84. The van der Waals surface area contributed by atoms with Crippen molar-refractivity contribution in [3.8, 4) is 22.5 Å². The topological polar surface area (TPSA) is 100 Å². The number of nitrogens with two attached hydrogens (primary N) is 1. The first kappa shape index (κ1) is 20.1. The molecular formula is C23H28N6O2. The number of aryl methyl sites for hydroxylation is 1. The number of aromatic nitrogens is 4. The summed E-state index contributed by atoms with van der Waals surface area (Å²) in [7, 11) is 1.87. The maximum absolute atomic E-state index is 6.13. The van der Waals surface area contributed by atoms with Gasteiger partial charge in [0, 0.05) is 44.1 Å². The second-order valence-electron chi connectivity index (χ2n) is 8.20. The van der Waals surface area contributed by atoms with E-state index < -0.39 is 0 Å². The molecule has 0 aliphatic carbocycles. The van der Waals surface area contributed by atoms with Crippen LogP contribution in [0, 0.1) is 0 Å². The smallest absolute Gasteiger partial charge is 0.150 e. The normalized spacial score (nSPS) is 20.1. The van der Waals surface area contributed by atoms with Gasteiger partial charge in [-0.1, -0.05) is 12.1 Å². The zero-order chi connectivity index (χ0) is 21.2. The molecule has 31 heavy (non-hydrogen) atoms. The Balaban J connectivity index is 1.55. The van der Waals surface area contributed by atoms with E-state index in [-0.39, 0.29) is 6.04 Å². The van der Waals surface area contributed by atoms with Crippen LogP contribution in [0.4, 0.5) is 5.82 Å². The van der Waals surface area contributed by atoms with E-state index in [2.05, 4.69) is 33.6 Å². The van der Waals surface area contributed by atoms with Crippen molar-refractivity contribution in [3.63, 3.8) is 0 Å². The molecule has 1 unspecified atom stereocenters. The van der Waals surface area contributed by atoms with Gasteiger partial charge < -0.3 is 20.5 Å². The summed E-state index contributed by atoms with van der Waals surface area (Å²) in [5.74, 6) is 0.906. The number of hydrogen-bond acceptors (Lipinski definition) is 7. The summed E-state index contributed by atoms with van der Waals surface area (Å²) < 4.78 is 13.1. The molecule has 3 aromatic rings. The third-order valence-corrected chi connectivity index (χ3v) is 6.12. The molecule has 1 aromatic carbocycles. The van der Waals surface area contributed by atoms with E-state index in [0.717, 1.165) is 56.0 Å². The summed E-state index contributed by atoms with van der Waals surface area (Å²) in [6.45, 7) is 3.92. The Bertz CT molecular complexity index is 1050. The van der Waals surface area contributed by atoms with Crippen molar-refractivity contribution in [3.05, 3.63) is 47.9 Å². The van der Waals surface area contributed by atoms with Gasteiger partial charge in [-0.05, 0) is 36.0 Å². The minimum absolute atomic E-state index is 0.172. The van der Waals surface area contributed by atoms with Crippen molar-refractivity contribution in [1.29, 1.82) is 0 Å². The van der Waals surface area contributed by atoms with Crippen LogP contribution < -0.4 is 11.1 Å². The van der Waals surface area contributed by atoms with Gasteiger partial charge in [0.2, 0.25) is 0 Å². The van der Waals surface area contributed by atoms with Crippen LogP contribution in [0.15, 0.2) is 36.8 Å². The Morgan fingerprint density at radius 1 is 1.06 bits per heavy atom. The van der Waals surface area contributed by atoms with E-state index in [1.807, 2.05) is 13.2 Å². The summed E-state index contributed by atoms with van der Waals surface area (Å²) in [4.78, 5) is 9.26. The molecule has 0 spiro atoms. The van der Waals surface area contributed by atoms with E-state index in [1.165, 1.54) is 11.1 Å². The zero-order valence-electron chi connectivity index (χ0n) is 17.8. The van der Waals surface area contributed by atoms with Crippen molar-refractivity contribution < 1.29 is 9.47 Å². The summed E-state index contributed by atoms with van der Waals surface area (Å²) in [5, 5.41) is 7.86. The first-order valence-electron chi connectivity index (χ1n) is 10.8. The molecule has 8 nitrogen and oxygen atoms in total. The number of rotatable bonds is 4. The highest BCUT2D eigenvalue weighted by atomic mass is 16.5. The van der Waals surface area contributed by atoms with Crippen molar-refractivity contribution in [2.45, 2.75) is 24.8 Å². The third kappa shape index (κ3) is 4.19. The van der Waals surface area contributed by atoms with Gasteiger partial charge in [-0.2, -0.15) is 5.10 Å². The first-order valence-corrected chi connectivity index (χ1v) is 10.8. The van der Waals surface area contributed by atoms with Crippen molar-refractivity contribution in [1.82, 2.24) is 25.1 Å². The van der Waals surface area contributed by atoms with Gasteiger partial charge in [0.15, 0.2) is 0 Å². The summed E-state index contributed by atoms with van der Waals surface area (Å²) in [5.41, 5.74) is 12.1. The Morgan fingerprint density at radius 3 is 2.68 bits per heavy atom. The minimum atomic E-state index is 0.172. The highest BCUT2D eigenvalue weighted by Crippen LogP contribution is 2.36. The molecule has 2 aliphatic rings. The van der Waals surface area contributed by atoms with Crippen molar-refractivity contribution in [2.24, 2.45) is 7.05 Å². The van der Waals surface area contributed by atoms with Crippen molar-refractivity contribution >= 4 is 5.82 Å². The molecule has 2 saturated heterocycles. The number of morpholine rings is 1. The fourth-order valence-electron chi connectivity index (χ4n) is 4.47. The molecule has 3 N–H and O–H groups in total. The summed E-state index contributed by atoms with van der Waals surface area (Å²) in [6.07, 6.45) is 7.49. The van der Waals surface area contributed by atoms with Gasteiger partial charge in [0.05, 0.1) is 37.3 Å². The monoisotopic (exact) mass is 420 g/mol. The Morgan fingerprint density at radius 2 is 1.94 bits per heavy atom. The Kier molecular flexibility index (Phi) is 5.67. The molecule has 4 heterocycles. The van der Waals surface area contributed by atoms with Crippen LogP contribution in [0.25, 0.3) is 22.5 Å². The van der Waals surface area contributed by atoms with Gasteiger partial charge in [0.25, 0.3) is 0 Å². The number of anilines is 1.